The lowest BCUT2D eigenvalue weighted by Crippen LogP contribution is -2.39. The van der Waals surface area contributed by atoms with Crippen molar-refractivity contribution in [1.29, 1.82) is 5.41 Å². The molecule has 8 nitrogen and oxygen atoms in total. The summed E-state index contributed by atoms with van der Waals surface area (Å²) < 4.78 is 5.36. The number of hydrogen-bond donors (Lipinski definition) is 5. The van der Waals surface area contributed by atoms with Crippen LogP contribution in [0.3, 0.4) is 0 Å². The second kappa shape index (κ2) is 9.41. The molecular weight excluding hydrogens is 370 g/mol. The van der Waals surface area contributed by atoms with Crippen LogP contribution in [0.1, 0.15) is 11.1 Å². The Hall–Kier alpha value is -3.81. The van der Waals surface area contributed by atoms with Gasteiger partial charge < -0.3 is 26.1 Å². The number of para-hydroxylation sites is 1. The topological polar surface area (TPSA) is 133 Å². The van der Waals surface area contributed by atoms with Gasteiger partial charge in [0.15, 0.2) is 6.61 Å². The van der Waals surface area contributed by atoms with Crippen molar-refractivity contribution in [2.75, 3.05) is 19.7 Å². The molecule has 1 aromatic heterocycles. The van der Waals surface area contributed by atoms with Gasteiger partial charge in [-0.1, -0.05) is 30.3 Å². The predicted molar refractivity (Wildman–Crippen MR) is 111 cm³/mol. The lowest BCUT2D eigenvalue weighted by atomic mass is 10.1. The van der Waals surface area contributed by atoms with Crippen LogP contribution in [0.15, 0.2) is 54.7 Å². The summed E-state index contributed by atoms with van der Waals surface area (Å²) in [5, 5.41) is 13.8. The smallest absolute Gasteiger partial charge is 0.258 e. The number of benzene rings is 2. The minimum atomic E-state index is -0.412. The lowest BCUT2D eigenvalue weighted by Gasteiger charge is -2.09. The first kappa shape index (κ1) is 19.9. The van der Waals surface area contributed by atoms with Gasteiger partial charge in [0.2, 0.25) is 5.91 Å². The zero-order valence-electron chi connectivity index (χ0n) is 15.8. The fourth-order valence-corrected chi connectivity index (χ4v) is 2.87. The van der Waals surface area contributed by atoms with E-state index in [4.69, 9.17) is 15.9 Å². The molecule has 1 heterocycles. The highest BCUT2D eigenvalue weighted by atomic mass is 16.5. The van der Waals surface area contributed by atoms with Gasteiger partial charge in [0.25, 0.3) is 5.91 Å². The van der Waals surface area contributed by atoms with Gasteiger partial charge in [-0.3, -0.25) is 15.0 Å². The lowest BCUT2D eigenvalue weighted by molar-refractivity contribution is -0.127. The average molecular weight is 393 g/mol. The first-order valence-corrected chi connectivity index (χ1v) is 9.18. The van der Waals surface area contributed by atoms with Gasteiger partial charge in [0.05, 0.1) is 6.54 Å². The second-order valence-corrected chi connectivity index (χ2v) is 6.47. The van der Waals surface area contributed by atoms with E-state index in [1.54, 1.807) is 24.3 Å². The molecule has 2 aromatic carbocycles. The Balaban J connectivity index is 1.36. The summed E-state index contributed by atoms with van der Waals surface area (Å²) >= 11 is 0. The maximum atomic E-state index is 11.9. The quantitative estimate of drug-likeness (QED) is 0.277. The molecule has 0 aliphatic carbocycles. The fraction of sp³-hybridized carbons (Fsp3) is 0.190. The highest BCUT2D eigenvalue weighted by Gasteiger charge is 2.08. The number of aromatic amines is 1. The molecule has 0 bridgehead atoms. The van der Waals surface area contributed by atoms with Crippen molar-refractivity contribution in [2.24, 2.45) is 5.73 Å². The Bertz CT molecular complexity index is 1030. The maximum absolute atomic E-state index is 11.9. The van der Waals surface area contributed by atoms with Gasteiger partial charge in [-0.05, 0) is 30.2 Å². The van der Waals surface area contributed by atoms with E-state index in [-0.39, 0.29) is 24.9 Å². The molecule has 3 aromatic rings. The van der Waals surface area contributed by atoms with E-state index in [0.29, 0.717) is 24.3 Å². The van der Waals surface area contributed by atoms with Gasteiger partial charge in [-0.15, -0.1) is 0 Å². The van der Waals surface area contributed by atoms with Crippen LogP contribution >= 0.6 is 0 Å². The van der Waals surface area contributed by atoms with E-state index in [1.807, 2.05) is 30.5 Å². The van der Waals surface area contributed by atoms with Crippen LogP contribution in [0.4, 0.5) is 0 Å². The van der Waals surface area contributed by atoms with Gasteiger partial charge >= 0.3 is 0 Å². The Morgan fingerprint density at radius 2 is 1.90 bits per heavy atom. The molecule has 0 spiro atoms. The first-order chi connectivity index (χ1) is 14.0. The van der Waals surface area contributed by atoms with Crippen LogP contribution < -0.4 is 21.1 Å². The summed E-state index contributed by atoms with van der Waals surface area (Å²) in [5.74, 6) is -0.331. The van der Waals surface area contributed by atoms with Crippen LogP contribution in [0.5, 0.6) is 5.75 Å². The van der Waals surface area contributed by atoms with E-state index in [0.717, 1.165) is 16.5 Å². The number of nitrogen functional groups attached to an aromatic ring is 1. The van der Waals surface area contributed by atoms with E-state index < -0.39 is 5.91 Å². The van der Waals surface area contributed by atoms with Crippen molar-refractivity contribution in [3.05, 3.63) is 65.9 Å². The number of carbonyl (C=O) groups excluding carboxylic acids is 2. The van der Waals surface area contributed by atoms with Crippen molar-refractivity contribution in [2.45, 2.75) is 6.42 Å². The number of aromatic nitrogens is 1. The molecule has 0 aliphatic rings. The summed E-state index contributed by atoms with van der Waals surface area (Å²) in [6.45, 7) is 0.123. The normalized spacial score (nSPS) is 10.5. The molecule has 2 amide bonds. The number of hydrogen-bond acceptors (Lipinski definition) is 4. The number of rotatable bonds is 9. The first-order valence-electron chi connectivity index (χ1n) is 9.18. The minimum absolute atomic E-state index is 0.0794. The Morgan fingerprint density at radius 3 is 2.72 bits per heavy atom. The summed E-state index contributed by atoms with van der Waals surface area (Å²) in [6, 6.07) is 14.6. The third kappa shape index (κ3) is 5.58. The number of fused-ring (bicyclic) bond motifs is 1. The molecule has 0 atom stereocenters. The standard InChI is InChI=1S/C21H23N5O3/c22-21(23)14-4-3-5-16(10-14)29-13-20(28)26-12-19(27)24-9-8-15-11-25-18-7-2-1-6-17(15)18/h1-7,10-11,25H,8-9,12-13H2,(H3,22,23)(H,24,27)(H,26,28). The summed E-state index contributed by atoms with van der Waals surface area (Å²) in [7, 11) is 0. The van der Waals surface area contributed by atoms with Crippen molar-refractivity contribution < 1.29 is 14.3 Å². The van der Waals surface area contributed by atoms with E-state index in [1.165, 1.54) is 0 Å². The van der Waals surface area contributed by atoms with Crippen LogP contribution in [0, 0.1) is 5.41 Å². The van der Waals surface area contributed by atoms with Crippen molar-refractivity contribution >= 4 is 28.6 Å². The summed E-state index contributed by atoms with van der Waals surface area (Å²) in [4.78, 5) is 27.0. The van der Waals surface area contributed by atoms with Crippen molar-refractivity contribution in [3.8, 4) is 5.75 Å². The molecule has 0 aliphatic heterocycles. The zero-order chi connectivity index (χ0) is 20.6. The molecule has 150 valence electrons. The van der Waals surface area contributed by atoms with Crippen LogP contribution in [-0.2, 0) is 16.0 Å². The molecule has 3 rings (SSSR count). The van der Waals surface area contributed by atoms with Gasteiger partial charge in [-0.25, -0.2) is 0 Å². The number of nitrogens with two attached hydrogens (primary N) is 1. The molecule has 0 radical (unpaired) electrons. The zero-order valence-corrected chi connectivity index (χ0v) is 15.8. The Kier molecular flexibility index (Phi) is 6.47. The molecule has 0 fully saturated rings. The van der Waals surface area contributed by atoms with Crippen molar-refractivity contribution in [1.82, 2.24) is 15.6 Å². The van der Waals surface area contributed by atoms with Crippen LogP contribution in [0.25, 0.3) is 10.9 Å². The number of amides is 2. The maximum Gasteiger partial charge on any atom is 0.258 e. The van der Waals surface area contributed by atoms with E-state index in [9.17, 15) is 9.59 Å². The molecule has 0 unspecified atom stereocenters. The van der Waals surface area contributed by atoms with Gasteiger partial charge in [0, 0.05) is 29.2 Å². The molecule has 0 saturated carbocycles. The highest BCUT2D eigenvalue weighted by molar-refractivity contribution is 5.95. The number of amidine groups is 1. The Labute approximate surface area is 167 Å². The third-order valence-corrected chi connectivity index (χ3v) is 4.35. The van der Waals surface area contributed by atoms with Crippen LogP contribution in [0.2, 0.25) is 0 Å². The van der Waals surface area contributed by atoms with Crippen LogP contribution in [-0.4, -0.2) is 42.3 Å². The summed E-state index contributed by atoms with van der Waals surface area (Å²) in [6.07, 6.45) is 2.64. The predicted octanol–water partition coefficient (Wildman–Crippen LogP) is 1.31. The number of H-pyrrole nitrogens is 1. The largest absolute Gasteiger partial charge is 0.484 e. The fourth-order valence-electron chi connectivity index (χ4n) is 2.87. The number of nitrogens with one attached hydrogen (secondary N) is 4. The van der Waals surface area contributed by atoms with E-state index in [2.05, 4.69) is 15.6 Å². The van der Waals surface area contributed by atoms with E-state index >= 15 is 0 Å². The minimum Gasteiger partial charge on any atom is -0.484 e. The molecule has 6 N–H and O–H groups in total. The molecule has 29 heavy (non-hydrogen) atoms. The van der Waals surface area contributed by atoms with Gasteiger partial charge in [-0.2, -0.15) is 0 Å². The third-order valence-electron chi connectivity index (χ3n) is 4.35. The van der Waals surface area contributed by atoms with Gasteiger partial charge in [0.1, 0.15) is 11.6 Å². The van der Waals surface area contributed by atoms with Crippen molar-refractivity contribution in [3.63, 3.8) is 0 Å². The Morgan fingerprint density at radius 1 is 1.07 bits per heavy atom. The number of carbonyl (C=O) groups is 2. The summed E-state index contributed by atoms with van der Waals surface area (Å²) in [5.41, 5.74) is 8.13. The highest BCUT2D eigenvalue weighted by Crippen LogP contribution is 2.17. The number of ether oxygens (including phenoxy) is 1. The second-order valence-electron chi connectivity index (χ2n) is 6.47. The molecule has 8 heteroatoms. The molecular formula is C21H23N5O3. The molecule has 0 saturated heterocycles. The SMILES string of the molecule is N=C(N)c1cccc(OCC(=O)NCC(=O)NCCc2c[nH]c3ccccc23)c1. The average Bonchev–Trinajstić information content (AvgIpc) is 3.14. The monoisotopic (exact) mass is 393 g/mol.